The molecule has 1 amide bonds. The van der Waals surface area contributed by atoms with Crippen LogP contribution < -0.4 is 5.32 Å². The van der Waals surface area contributed by atoms with Crippen LogP contribution in [0.15, 0.2) is 18.2 Å². The van der Waals surface area contributed by atoms with Crippen molar-refractivity contribution in [3.05, 3.63) is 34.9 Å². The van der Waals surface area contributed by atoms with E-state index in [2.05, 4.69) is 42.3 Å². The minimum absolute atomic E-state index is 0.00909. The third kappa shape index (κ3) is 6.69. The zero-order valence-corrected chi connectivity index (χ0v) is 14.2. The molecule has 0 aliphatic carbocycles. The first-order valence-corrected chi connectivity index (χ1v) is 8.35. The van der Waals surface area contributed by atoms with Gasteiger partial charge in [0.2, 0.25) is 5.91 Å². The summed E-state index contributed by atoms with van der Waals surface area (Å²) in [5, 5.41) is 12.8. The van der Waals surface area contributed by atoms with Gasteiger partial charge in [0.25, 0.3) is 0 Å². The molecule has 1 fully saturated rings. The summed E-state index contributed by atoms with van der Waals surface area (Å²) in [4.78, 5) is 14.1. The second-order valence-corrected chi connectivity index (χ2v) is 6.37. The molecule has 5 heteroatoms. The van der Waals surface area contributed by atoms with Crippen molar-refractivity contribution in [2.45, 2.75) is 32.8 Å². The fourth-order valence-corrected chi connectivity index (χ4v) is 2.94. The molecular formula is C18H28N2O3. The molecule has 128 valence electrons. The summed E-state index contributed by atoms with van der Waals surface area (Å²) < 4.78 is 5.28. The number of amides is 1. The number of ether oxygens (including phenoxy) is 1. The maximum atomic E-state index is 11.9. The molecule has 0 bridgehead atoms. The van der Waals surface area contributed by atoms with Gasteiger partial charge >= 0.3 is 0 Å². The SMILES string of the molecule is Cc1cc(C)cc(CCC(=O)NCC(O)CN2CCOCC2)c1. The maximum absolute atomic E-state index is 11.9. The van der Waals surface area contributed by atoms with Crippen molar-refractivity contribution in [1.82, 2.24) is 10.2 Å². The Balaban J connectivity index is 1.66. The van der Waals surface area contributed by atoms with E-state index in [1.807, 2.05) is 0 Å². The number of β-amino-alcohol motifs (C(OH)–C–C–N with tert-alkyl or cyclic N) is 1. The van der Waals surface area contributed by atoms with E-state index in [0.29, 0.717) is 19.5 Å². The molecule has 1 unspecified atom stereocenters. The molecule has 2 rings (SSSR count). The molecule has 1 atom stereocenters. The third-order valence-corrected chi connectivity index (χ3v) is 4.03. The standard InChI is InChI=1S/C18H28N2O3/c1-14-9-15(2)11-16(10-14)3-4-18(22)19-12-17(21)13-20-5-7-23-8-6-20/h9-11,17,21H,3-8,12-13H2,1-2H3,(H,19,22). The summed E-state index contributed by atoms with van der Waals surface area (Å²) in [6.45, 7) is 8.15. The first kappa shape index (κ1) is 17.9. The van der Waals surface area contributed by atoms with Gasteiger partial charge in [0.05, 0.1) is 19.3 Å². The second-order valence-electron chi connectivity index (χ2n) is 6.37. The smallest absolute Gasteiger partial charge is 0.220 e. The fourth-order valence-electron chi connectivity index (χ4n) is 2.94. The summed E-state index contributed by atoms with van der Waals surface area (Å²) in [5.74, 6) is -0.00909. The Morgan fingerprint density at radius 1 is 1.26 bits per heavy atom. The lowest BCUT2D eigenvalue weighted by Crippen LogP contribution is -2.44. The Kier molecular flexibility index (Phi) is 7.02. The molecule has 1 aliphatic rings. The molecule has 5 nitrogen and oxygen atoms in total. The van der Waals surface area contributed by atoms with Crippen LogP contribution in [-0.4, -0.2) is 61.4 Å². The van der Waals surface area contributed by atoms with Crippen LogP contribution in [0.3, 0.4) is 0 Å². The number of hydrogen-bond acceptors (Lipinski definition) is 4. The average Bonchev–Trinajstić information content (AvgIpc) is 2.51. The third-order valence-electron chi connectivity index (χ3n) is 4.03. The summed E-state index contributed by atoms with van der Waals surface area (Å²) in [6, 6.07) is 6.37. The van der Waals surface area contributed by atoms with E-state index in [4.69, 9.17) is 4.74 Å². The van der Waals surface area contributed by atoms with Crippen molar-refractivity contribution in [2.75, 3.05) is 39.4 Å². The van der Waals surface area contributed by atoms with Gasteiger partial charge in [-0.15, -0.1) is 0 Å². The van der Waals surface area contributed by atoms with Crippen molar-refractivity contribution < 1.29 is 14.6 Å². The van der Waals surface area contributed by atoms with Crippen LogP contribution in [0.5, 0.6) is 0 Å². The van der Waals surface area contributed by atoms with Gasteiger partial charge in [-0.1, -0.05) is 29.3 Å². The van der Waals surface area contributed by atoms with Gasteiger partial charge in [-0.25, -0.2) is 0 Å². The molecule has 1 aromatic carbocycles. The van der Waals surface area contributed by atoms with E-state index in [0.717, 1.165) is 32.7 Å². The highest BCUT2D eigenvalue weighted by Crippen LogP contribution is 2.10. The molecule has 0 aromatic heterocycles. The van der Waals surface area contributed by atoms with Crippen LogP contribution in [0.2, 0.25) is 0 Å². The molecular weight excluding hydrogens is 292 g/mol. The second kappa shape index (κ2) is 9.01. The van der Waals surface area contributed by atoms with Crippen LogP contribution >= 0.6 is 0 Å². The minimum Gasteiger partial charge on any atom is -0.390 e. The highest BCUT2D eigenvalue weighted by atomic mass is 16.5. The van der Waals surface area contributed by atoms with Crippen LogP contribution in [0.4, 0.5) is 0 Å². The van der Waals surface area contributed by atoms with Crippen molar-refractivity contribution in [2.24, 2.45) is 0 Å². The normalized spacial score (nSPS) is 17.0. The molecule has 23 heavy (non-hydrogen) atoms. The minimum atomic E-state index is -0.529. The van der Waals surface area contributed by atoms with Gasteiger partial charge in [0, 0.05) is 32.6 Å². The van der Waals surface area contributed by atoms with Crippen molar-refractivity contribution in [3.8, 4) is 0 Å². The fraction of sp³-hybridized carbons (Fsp3) is 0.611. The highest BCUT2D eigenvalue weighted by molar-refractivity contribution is 5.76. The molecule has 1 aromatic rings. The molecule has 1 aliphatic heterocycles. The van der Waals surface area contributed by atoms with Crippen molar-refractivity contribution in [1.29, 1.82) is 0 Å². The van der Waals surface area contributed by atoms with E-state index >= 15 is 0 Å². The van der Waals surface area contributed by atoms with E-state index < -0.39 is 6.10 Å². The predicted molar refractivity (Wildman–Crippen MR) is 90.5 cm³/mol. The lowest BCUT2D eigenvalue weighted by molar-refractivity contribution is -0.121. The summed E-state index contributed by atoms with van der Waals surface area (Å²) in [5.41, 5.74) is 3.63. The monoisotopic (exact) mass is 320 g/mol. The summed E-state index contributed by atoms with van der Waals surface area (Å²) >= 11 is 0. The molecule has 0 spiro atoms. The first-order valence-electron chi connectivity index (χ1n) is 8.35. The van der Waals surface area contributed by atoms with Gasteiger partial charge in [-0.05, 0) is 25.8 Å². The van der Waals surface area contributed by atoms with E-state index in [-0.39, 0.29) is 5.91 Å². The van der Waals surface area contributed by atoms with E-state index in [9.17, 15) is 9.90 Å². The number of morpholine rings is 1. The number of aliphatic hydroxyl groups excluding tert-OH is 1. The molecule has 0 radical (unpaired) electrons. The van der Waals surface area contributed by atoms with Crippen LogP contribution in [0.1, 0.15) is 23.1 Å². The molecule has 1 saturated heterocycles. The van der Waals surface area contributed by atoms with Gasteiger partial charge in [-0.2, -0.15) is 0 Å². The molecule has 0 saturated carbocycles. The number of benzene rings is 1. The number of aliphatic hydroxyl groups is 1. The van der Waals surface area contributed by atoms with E-state index in [1.165, 1.54) is 16.7 Å². The van der Waals surface area contributed by atoms with Crippen LogP contribution in [0, 0.1) is 13.8 Å². The van der Waals surface area contributed by atoms with E-state index in [1.54, 1.807) is 0 Å². The largest absolute Gasteiger partial charge is 0.390 e. The number of aryl methyl sites for hydroxylation is 3. The Morgan fingerprint density at radius 2 is 1.91 bits per heavy atom. The van der Waals surface area contributed by atoms with Gasteiger partial charge in [0.15, 0.2) is 0 Å². The van der Waals surface area contributed by atoms with Crippen molar-refractivity contribution in [3.63, 3.8) is 0 Å². The Labute approximate surface area is 138 Å². The highest BCUT2D eigenvalue weighted by Gasteiger charge is 2.15. The number of nitrogens with zero attached hydrogens (tertiary/aromatic N) is 1. The number of nitrogens with one attached hydrogen (secondary N) is 1. The summed E-state index contributed by atoms with van der Waals surface area (Å²) in [7, 11) is 0. The quantitative estimate of drug-likeness (QED) is 0.788. The van der Waals surface area contributed by atoms with Crippen molar-refractivity contribution >= 4 is 5.91 Å². The predicted octanol–water partition coefficient (Wildman–Crippen LogP) is 1.05. The summed E-state index contributed by atoms with van der Waals surface area (Å²) in [6.07, 6.45) is 0.652. The number of rotatable bonds is 7. The zero-order chi connectivity index (χ0) is 16.7. The Bertz CT molecular complexity index is 493. The maximum Gasteiger partial charge on any atom is 0.220 e. The number of hydrogen-bond donors (Lipinski definition) is 2. The number of carbonyl (C=O) groups excluding carboxylic acids is 1. The topological polar surface area (TPSA) is 61.8 Å². The van der Waals surface area contributed by atoms with Crippen LogP contribution in [-0.2, 0) is 16.0 Å². The van der Waals surface area contributed by atoms with Crippen LogP contribution in [0.25, 0.3) is 0 Å². The van der Waals surface area contributed by atoms with Gasteiger partial charge in [-0.3, -0.25) is 9.69 Å². The average molecular weight is 320 g/mol. The molecule has 2 N–H and O–H groups in total. The Morgan fingerprint density at radius 3 is 2.57 bits per heavy atom. The molecule has 1 heterocycles. The lowest BCUT2D eigenvalue weighted by Gasteiger charge is -2.28. The van der Waals surface area contributed by atoms with Gasteiger partial charge < -0.3 is 15.2 Å². The Hall–Kier alpha value is -1.43. The lowest BCUT2D eigenvalue weighted by atomic mass is 10.0. The van der Waals surface area contributed by atoms with Gasteiger partial charge in [0.1, 0.15) is 0 Å². The first-order chi connectivity index (χ1) is 11.0. The number of carbonyl (C=O) groups is 1. The zero-order valence-electron chi connectivity index (χ0n) is 14.2.